The van der Waals surface area contributed by atoms with Crippen molar-refractivity contribution < 1.29 is 19.3 Å². The number of anilines is 2. The largest absolute Gasteiger partial charge is 0.276 e. The molecule has 1 aromatic carbocycles. The first-order valence-corrected chi connectivity index (χ1v) is 4.70. The number of benzene rings is 1. The van der Waals surface area contributed by atoms with E-state index in [0.29, 0.717) is 29.8 Å². The molecule has 6 nitrogen and oxygen atoms in total. The Balaban J connectivity index is 3.17. The topological polar surface area (TPSA) is 59.1 Å². The van der Waals surface area contributed by atoms with Crippen molar-refractivity contribution in [1.82, 2.24) is 0 Å². The van der Waals surface area contributed by atoms with E-state index in [4.69, 9.17) is 9.68 Å². The summed E-state index contributed by atoms with van der Waals surface area (Å²) in [5.41, 5.74) is 1.52. The van der Waals surface area contributed by atoms with Gasteiger partial charge in [-0.25, -0.2) is 0 Å². The summed E-state index contributed by atoms with van der Waals surface area (Å²) in [6.45, 7) is 3.75. The van der Waals surface area contributed by atoms with Gasteiger partial charge in [0, 0.05) is 0 Å². The van der Waals surface area contributed by atoms with Gasteiger partial charge in [0.1, 0.15) is 0 Å². The second-order valence-electron chi connectivity index (χ2n) is 3.09. The quantitative estimate of drug-likeness (QED) is 0.545. The van der Waals surface area contributed by atoms with Crippen LogP contribution >= 0.6 is 0 Å². The van der Waals surface area contributed by atoms with Crippen LogP contribution < -0.4 is 10.1 Å². The van der Waals surface area contributed by atoms with Gasteiger partial charge >= 0.3 is 0 Å². The van der Waals surface area contributed by atoms with Gasteiger partial charge in [0.2, 0.25) is 12.8 Å². The lowest BCUT2D eigenvalue weighted by atomic mass is 10.2. The first-order chi connectivity index (χ1) is 8.15. The summed E-state index contributed by atoms with van der Waals surface area (Å²) < 4.78 is 0. The van der Waals surface area contributed by atoms with E-state index in [1.807, 2.05) is 0 Å². The minimum Gasteiger partial charge on any atom is -0.276 e. The molecule has 17 heavy (non-hydrogen) atoms. The average molecular weight is 237 g/mol. The molecule has 91 valence electrons. The molecule has 0 aromatic heterocycles. The van der Waals surface area contributed by atoms with Gasteiger partial charge in [-0.05, 0) is 30.7 Å². The summed E-state index contributed by atoms with van der Waals surface area (Å²) in [4.78, 5) is 31.1. The second-order valence-corrected chi connectivity index (χ2v) is 3.09. The summed E-state index contributed by atoms with van der Waals surface area (Å²) in [5.74, 6) is 0. The molecule has 0 aliphatic carbocycles. The SMILES string of the molecule is [CH2]c1cc(N(C=O)OC)cc(N(C=O)OC)c1. The third kappa shape index (κ3) is 3.02. The van der Waals surface area contributed by atoms with Crippen LogP contribution in [0.15, 0.2) is 18.2 Å². The van der Waals surface area contributed by atoms with Crippen molar-refractivity contribution in [3.8, 4) is 0 Å². The number of amides is 2. The number of carbonyl (C=O) groups is 2. The summed E-state index contributed by atoms with van der Waals surface area (Å²) in [6.07, 6.45) is 1.02. The highest BCUT2D eigenvalue weighted by molar-refractivity contribution is 5.79. The number of nitrogens with zero attached hydrogens (tertiary/aromatic N) is 2. The maximum atomic E-state index is 10.7. The molecule has 1 rings (SSSR count). The van der Waals surface area contributed by atoms with Crippen LogP contribution in [0.4, 0.5) is 11.4 Å². The molecule has 0 fully saturated rings. The fraction of sp³-hybridized carbons (Fsp3) is 0.182. The number of hydroxylamine groups is 2. The van der Waals surface area contributed by atoms with E-state index in [0.717, 1.165) is 10.1 Å². The lowest BCUT2D eigenvalue weighted by Gasteiger charge is -2.19. The van der Waals surface area contributed by atoms with E-state index in [-0.39, 0.29) is 0 Å². The van der Waals surface area contributed by atoms with Gasteiger partial charge < -0.3 is 0 Å². The molecule has 0 heterocycles. The monoisotopic (exact) mass is 237 g/mol. The Hall–Kier alpha value is -1.92. The van der Waals surface area contributed by atoms with Crippen molar-refractivity contribution >= 4 is 24.2 Å². The van der Waals surface area contributed by atoms with Crippen molar-refractivity contribution in [3.05, 3.63) is 30.7 Å². The minimum absolute atomic E-state index is 0.453. The fourth-order valence-corrected chi connectivity index (χ4v) is 1.33. The first kappa shape index (κ1) is 13.1. The smallest absolute Gasteiger partial charge is 0.238 e. The Labute approximate surface area is 99.2 Å². The predicted molar refractivity (Wildman–Crippen MR) is 62.0 cm³/mol. The Morgan fingerprint density at radius 2 is 1.41 bits per heavy atom. The van der Waals surface area contributed by atoms with Crippen LogP contribution in [0.3, 0.4) is 0 Å². The highest BCUT2D eigenvalue weighted by atomic mass is 16.7. The molecule has 0 aliphatic rings. The molecular weight excluding hydrogens is 224 g/mol. The summed E-state index contributed by atoms with van der Waals surface area (Å²) >= 11 is 0. The first-order valence-electron chi connectivity index (χ1n) is 4.70. The van der Waals surface area contributed by atoms with Crippen LogP contribution in [0.5, 0.6) is 0 Å². The van der Waals surface area contributed by atoms with Crippen LogP contribution in [-0.2, 0) is 19.3 Å². The van der Waals surface area contributed by atoms with Crippen LogP contribution in [0, 0.1) is 6.92 Å². The number of carbonyl (C=O) groups excluding carboxylic acids is 2. The van der Waals surface area contributed by atoms with Crippen LogP contribution in [0.1, 0.15) is 5.56 Å². The summed E-state index contributed by atoms with van der Waals surface area (Å²) in [5, 5.41) is 2.02. The number of hydrogen-bond donors (Lipinski definition) is 0. The molecule has 0 atom stereocenters. The summed E-state index contributed by atoms with van der Waals surface area (Å²) in [6, 6.07) is 4.84. The Bertz CT molecular complexity index is 374. The molecule has 0 N–H and O–H groups in total. The van der Waals surface area contributed by atoms with Crippen molar-refractivity contribution in [2.75, 3.05) is 24.3 Å². The maximum absolute atomic E-state index is 10.7. The third-order valence-corrected chi connectivity index (χ3v) is 2.06. The van der Waals surface area contributed by atoms with Gasteiger partial charge in [-0.15, -0.1) is 0 Å². The van der Waals surface area contributed by atoms with Gasteiger partial charge in [0.25, 0.3) is 0 Å². The Kier molecular flexibility index (Phi) is 4.62. The molecule has 6 heteroatoms. The van der Waals surface area contributed by atoms with Gasteiger partial charge in [-0.2, -0.15) is 10.1 Å². The van der Waals surface area contributed by atoms with E-state index in [1.54, 1.807) is 18.2 Å². The number of rotatable bonds is 6. The second kappa shape index (κ2) is 5.97. The normalized spacial score (nSPS) is 9.82. The van der Waals surface area contributed by atoms with Gasteiger partial charge in [-0.1, -0.05) is 0 Å². The molecular formula is C11H13N2O4. The molecule has 0 bridgehead atoms. The van der Waals surface area contributed by atoms with Crippen molar-refractivity contribution in [1.29, 1.82) is 0 Å². The molecule has 0 spiro atoms. The maximum Gasteiger partial charge on any atom is 0.238 e. The highest BCUT2D eigenvalue weighted by Crippen LogP contribution is 2.24. The zero-order chi connectivity index (χ0) is 12.8. The van der Waals surface area contributed by atoms with Crippen molar-refractivity contribution in [2.24, 2.45) is 0 Å². The van der Waals surface area contributed by atoms with E-state index in [1.165, 1.54) is 14.2 Å². The van der Waals surface area contributed by atoms with Crippen LogP contribution in [0.2, 0.25) is 0 Å². The van der Waals surface area contributed by atoms with Crippen LogP contribution in [-0.4, -0.2) is 27.0 Å². The lowest BCUT2D eigenvalue weighted by molar-refractivity contribution is -0.113. The van der Waals surface area contributed by atoms with E-state index in [2.05, 4.69) is 6.92 Å². The molecule has 1 aromatic rings. The van der Waals surface area contributed by atoms with Crippen molar-refractivity contribution in [2.45, 2.75) is 0 Å². The standard InChI is InChI=1S/C11H13N2O4/c1-9-4-10(12(7-14)16-2)6-11(5-9)13(8-15)17-3/h4-8H,1H2,2-3H3. The Morgan fingerprint density at radius 3 is 1.71 bits per heavy atom. The van der Waals surface area contributed by atoms with Gasteiger partial charge in [-0.3, -0.25) is 19.3 Å². The lowest BCUT2D eigenvalue weighted by Crippen LogP contribution is -2.22. The minimum atomic E-state index is 0.453. The predicted octanol–water partition coefficient (Wildman–Crippen LogP) is 0.917. The van der Waals surface area contributed by atoms with Crippen molar-refractivity contribution in [3.63, 3.8) is 0 Å². The highest BCUT2D eigenvalue weighted by Gasteiger charge is 2.10. The van der Waals surface area contributed by atoms with E-state index < -0.39 is 0 Å². The molecule has 0 saturated heterocycles. The molecule has 2 amide bonds. The average Bonchev–Trinajstić information content (AvgIpc) is 2.31. The summed E-state index contributed by atoms with van der Waals surface area (Å²) in [7, 11) is 2.72. The van der Waals surface area contributed by atoms with E-state index >= 15 is 0 Å². The van der Waals surface area contributed by atoms with E-state index in [9.17, 15) is 9.59 Å². The fourth-order valence-electron chi connectivity index (χ4n) is 1.33. The van der Waals surface area contributed by atoms with Gasteiger partial charge in [0.15, 0.2) is 0 Å². The van der Waals surface area contributed by atoms with Crippen LogP contribution in [0.25, 0.3) is 0 Å². The zero-order valence-electron chi connectivity index (χ0n) is 9.62. The molecule has 0 saturated carbocycles. The molecule has 1 radical (unpaired) electrons. The number of hydrogen-bond acceptors (Lipinski definition) is 4. The zero-order valence-corrected chi connectivity index (χ0v) is 9.62. The molecule has 0 aliphatic heterocycles. The third-order valence-electron chi connectivity index (χ3n) is 2.06. The Morgan fingerprint density at radius 1 is 1.00 bits per heavy atom. The van der Waals surface area contributed by atoms with Gasteiger partial charge in [0.05, 0.1) is 25.6 Å². The molecule has 0 unspecified atom stereocenters.